The predicted octanol–water partition coefficient (Wildman–Crippen LogP) is 1.97. The van der Waals surface area contributed by atoms with E-state index in [0.717, 1.165) is 54.4 Å². The van der Waals surface area contributed by atoms with E-state index < -0.39 is 0 Å². The third kappa shape index (κ3) is 3.40. The molecule has 0 unspecified atom stereocenters. The molecule has 0 atom stereocenters. The van der Waals surface area contributed by atoms with E-state index in [1.54, 1.807) is 7.11 Å². The Kier molecular flexibility index (Phi) is 4.92. The van der Waals surface area contributed by atoms with Crippen molar-refractivity contribution in [3.8, 4) is 22.8 Å². The highest BCUT2D eigenvalue weighted by Crippen LogP contribution is 2.34. The second-order valence-electron chi connectivity index (χ2n) is 5.15. The van der Waals surface area contributed by atoms with Gasteiger partial charge in [0.15, 0.2) is 11.5 Å². The molecule has 0 amide bonds. The second kappa shape index (κ2) is 7.29. The Hall–Kier alpha value is -2.05. The monoisotopic (exact) mass is 303 g/mol. The van der Waals surface area contributed by atoms with Crippen LogP contribution < -0.4 is 14.8 Å². The van der Waals surface area contributed by atoms with Crippen molar-refractivity contribution in [3.63, 3.8) is 0 Å². The van der Waals surface area contributed by atoms with Crippen molar-refractivity contribution < 1.29 is 14.2 Å². The van der Waals surface area contributed by atoms with Crippen LogP contribution in [0.2, 0.25) is 0 Å². The van der Waals surface area contributed by atoms with Crippen LogP contribution in [0.15, 0.2) is 24.4 Å². The lowest BCUT2D eigenvalue weighted by atomic mass is 10.1. The average Bonchev–Trinajstić information content (AvgIpc) is 3.03. The maximum Gasteiger partial charge on any atom is 0.162 e. The number of ether oxygens (including phenoxy) is 3. The van der Waals surface area contributed by atoms with E-state index in [9.17, 15) is 0 Å². The van der Waals surface area contributed by atoms with Crippen molar-refractivity contribution >= 4 is 0 Å². The van der Waals surface area contributed by atoms with Gasteiger partial charge in [-0.25, -0.2) is 0 Å². The molecule has 6 nitrogen and oxygen atoms in total. The standard InChI is InChI=1S/C16H21N3O3/c1-20-6-2-5-17-10-13-11-18-19-16(13)12-3-4-14-15(9-12)22-8-7-21-14/h3-4,9,11,17H,2,5-8,10H2,1H3,(H,18,19). The van der Waals surface area contributed by atoms with E-state index in [2.05, 4.69) is 15.5 Å². The van der Waals surface area contributed by atoms with Gasteiger partial charge in [-0.05, 0) is 31.2 Å². The van der Waals surface area contributed by atoms with E-state index in [1.807, 2.05) is 24.4 Å². The maximum atomic E-state index is 5.64. The summed E-state index contributed by atoms with van der Waals surface area (Å²) in [6, 6.07) is 5.96. The predicted molar refractivity (Wildman–Crippen MR) is 83.2 cm³/mol. The minimum Gasteiger partial charge on any atom is -0.486 e. The molecule has 22 heavy (non-hydrogen) atoms. The normalized spacial score (nSPS) is 13.3. The third-order valence-electron chi connectivity index (χ3n) is 3.57. The van der Waals surface area contributed by atoms with Crippen molar-refractivity contribution in [3.05, 3.63) is 30.0 Å². The summed E-state index contributed by atoms with van der Waals surface area (Å²) in [4.78, 5) is 0. The van der Waals surface area contributed by atoms with Crippen LogP contribution in [0.3, 0.4) is 0 Å². The maximum absolute atomic E-state index is 5.64. The van der Waals surface area contributed by atoms with Crippen LogP contribution in [0.25, 0.3) is 11.3 Å². The van der Waals surface area contributed by atoms with Gasteiger partial charge in [-0.2, -0.15) is 5.10 Å². The highest BCUT2D eigenvalue weighted by atomic mass is 16.6. The molecule has 1 aromatic carbocycles. The Morgan fingerprint density at radius 3 is 3.00 bits per heavy atom. The van der Waals surface area contributed by atoms with Gasteiger partial charge in [-0.3, -0.25) is 5.10 Å². The Labute approximate surface area is 129 Å². The van der Waals surface area contributed by atoms with Crippen LogP contribution in [0.5, 0.6) is 11.5 Å². The van der Waals surface area contributed by atoms with Crippen molar-refractivity contribution in [2.24, 2.45) is 0 Å². The zero-order chi connectivity index (χ0) is 15.2. The first-order valence-electron chi connectivity index (χ1n) is 7.50. The van der Waals surface area contributed by atoms with Gasteiger partial charge in [0, 0.05) is 31.4 Å². The number of rotatable bonds is 7. The molecule has 0 radical (unpaired) electrons. The molecule has 0 saturated carbocycles. The average molecular weight is 303 g/mol. The number of H-pyrrole nitrogens is 1. The van der Waals surface area contributed by atoms with Crippen molar-refractivity contribution in [2.45, 2.75) is 13.0 Å². The van der Waals surface area contributed by atoms with Crippen LogP contribution in [0.4, 0.5) is 0 Å². The Balaban J connectivity index is 1.68. The fraction of sp³-hybridized carbons (Fsp3) is 0.438. The number of aromatic nitrogens is 2. The topological polar surface area (TPSA) is 68.4 Å². The minimum absolute atomic E-state index is 0.591. The Morgan fingerprint density at radius 1 is 1.27 bits per heavy atom. The second-order valence-corrected chi connectivity index (χ2v) is 5.15. The number of methoxy groups -OCH3 is 1. The van der Waals surface area contributed by atoms with Gasteiger partial charge in [0.1, 0.15) is 13.2 Å². The summed E-state index contributed by atoms with van der Waals surface area (Å²) in [7, 11) is 1.72. The lowest BCUT2D eigenvalue weighted by Crippen LogP contribution is -2.16. The minimum atomic E-state index is 0.591. The molecule has 0 aliphatic carbocycles. The van der Waals surface area contributed by atoms with Crippen LogP contribution in [0, 0.1) is 0 Å². The van der Waals surface area contributed by atoms with Crippen LogP contribution in [0.1, 0.15) is 12.0 Å². The number of benzene rings is 1. The largest absolute Gasteiger partial charge is 0.486 e. The molecule has 3 rings (SSSR count). The number of fused-ring (bicyclic) bond motifs is 1. The molecule has 6 heteroatoms. The molecule has 0 spiro atoms. The van der Waals surface area contributed by atoms with E-state index in [-0.39, 0.29) is 0 Å². The highest BCUT2D eigenvalue weighted by molar-refractivity contribution is 5.66. The lowest BCUT2D eigenvalue weighted by Gasteiger charge is -2.18. The van der Waals surface area contributed by atoms with Gasteiger partial charge >= 0.3 is 0 Å². The number of hydrogen-bond acceptors (Lipinski definition) is 5. The summed E-state index contributed by atoms with van der Waals surface area (Å²) in [6.07, 6.45) is 2.85. The smallest absolute Gasteiger partial charge is 0.162 e. The van der Waals surface area contributed by atoms with E-state index >= 15 is 0 Å². The molecule has 0 bridgehead atoms. The van der Waals surface area contributed by atoms with Crippen molar-refractivity contribution in [1.29, 1.82) is 0 Å². The zero-order valence-electron chi connectivity index (χ0n) is 12.7. The van der Waals surface area contributed by atoms with Gasteiger partial charge in [-0.1, -0.05) is 0 Å². The third-order valence-corrected chi connectivity index (χ3v) is 3.57. The number of nitrogens with one attached hydrogen (secondary N) is 2. The number of aromatic amines is 1. The molecule has 0 fully saturated rings. The molecular weight excluding hydrogens is 282 g/mol. The molecule has 2 N–H and O–H groups in total. The SMILES string of the molecule is COCCCNCc1cn[nH]c1-c1ccc2c(c1)OCCO2. The summed E-state index contributed by atoms with van der Waals surface area (Å²) < 4.78 is 16.2. The zero-order valence-corrected chi connectivity index (χ0v) is 12.7. The van der Waals surface area contributed by atoms with Gasteiger partial charge < -0.3 is 19.5 Å². The van der Waals surface area contributed by atoms with Gasteiger partial charge in [-0.15, -0.1) is 0 Å². The molecule has 1 aliphatic rings. The fourth-order valence-electron chi connectivity index (χ4n) is 2.46. The first kappa shape index (κ1) is 14.9. The van der Waals surface area contributed by atoms with Crippen LogP contribution in [-0.2, 0) is 11.3 Å². The summed E-state index contributed by atoms with van der Waals surface area (Å²) >= 11 is 0. The molecular formula is C16H21N3O3. The molecule has 2 heterocycles. The summed E-state index contributed by atoms with van der Waals surface area (Å²) in [5, 5.41) is 10.6. The number of nitrogens with zero attached hydrogens (tertiary/aromatic N) is 1. The van der Waals surface area contributed by atoms with Crippen LogP contribution in [-0.4, -0.2) is 43.7 Å². The Bertz CT molecular complexity index is 612. The van der Waals surface area contributed by atoms with Crippen molar-refractivity contribution in [1.82, 2.24) is 15.5 Å². The molecule has 118 valence electrons. The van der Waals surface area contributed by atoms with E-state index in [0.29, 0.717) is 13.2 Å². The fourth-order valence-corrected chi connectivity index (χ4v) is 2.46. The summed E-state index contributed by atoms with van der Waals surface area (Å²) in [6.45, 7) is 3.65. The van der Waals surface area contributed by atoms with Crippen molar-refractivity contribution in [2.75, 3.05) is 33.5 Å². The van der Waals surface area contributed by atoms with E-state index in [1.165, 1.54) is 0 Å². The number of hydrogen-bond donors (Lipinski definition) is 2. The van der Waals surface area contributed by atoms with E-state index in [4.69, 9.17) is 14.2 Å². The lowest BCUT2D eigenvalue weighted by molar-refractivity contribution is 0.171. The highest BCUT2D eigenvalue weighted by Gasteiger charge is 2.14. The summed E-state index contributed by atoms with van der Waals surface area (Å²) in [5.74, 6) is 1.59. The molecule has 1 aliphatic heterocycles. The Morgan fingerprint density at radius 2 is 2.14 bits per heavy atom. The van der Waals surface area contributed by atoms with Crippen LogP contribution >= 0.6 is 0 Å². The van der Waals surface area contributed by atoms with Gasteiger partial charge in [0.25, 0.3) is 0 Å². The molecule has 2 aromatic rings. The summed E-state index contributed by atoms with van der Waals surface area (Å²) in [5.41, 5.74) is 3.20. The quantitative estimate of drug-likeness (QED) is 0.766. The first-order valence-corrected chi connectivity index (χ1v) is 7.50. The molecule has 1 aromatic heterocycles. The first-order chi connectivity index (χ1) is 10.9. The van der Waals surface area contributed by atoms with Gasteiger partial charge in [0.2, 0.25) is 0 Å². The van der Waals surface area contributed by atoms with Gasteiger partial charge in [0.05, 0.1) is 11.9 Å². The molecule has 0 saturated heterocycles.